The summed E-state index contributed by atoms with van der Waals surface area (Å²) in [6, 6.07) is 10.7. The van der Waals surface area contributed by atoms with Gasteiger partial charge in [-0.3, -0.25) is 4.79 Å². The van der Waals surface area contributed by atoms with Crippen molar-refractivity contribution in [2.24, 2.45) is 10.7 Å². The molecule has 0 saturated carbocycles. The summed E-state index contributed by atoms with van der Waals surface area (Å²) in [4.78, 5) is 15.3. The molecule has 0 aliphatic heterocycles. The molecule has 0 bridgehead atoms. The van der Waals surface area contributed by atoms with Crippen molar-refractivity contribution in [1.29, 1.82) is 0 Å². The molecular weight excluding hydrogens is 319 g/mol. The van der Waals surface area contributed by atoms with Crippen molar-refractivity contribution in [1.82, 2.24) is 0 Å². The number of aliphatic imine (C=N–C) groups is 1. The lowest BCUT2D eigenvalue weighted by Crippen LogP contribution is -2.13. The van der Waals surface area contributed by atoms with E-state index in [1.807, 2.05) is 30.3 Å². The Morgan fingerprint density at radius 1 is 1.12 bits per heavy atom. The van der Waals surface area contributed by atoms with Gasteiger partial charge in [0.15, 0.2) is 17.5 Å². The minimum atomic E-state index is -1.58. The number of nitrogens with zero attached hydrogens (tertiary/aromatic N) is 1. The highest BCUT2D eigenvalue weighted by atomic mass is 19.2. The fourth-order valence-electron chi connectivity index (χ4n) is 1.86. The van der Waals surface area contributed by atoms with Crippen molar-refractivity contribution in [3.05, 3.63) is 77.8 Å². The van der Waals surface area contributed by atoms with Gasteiger partial charge in [-0.1, -0.05) is 18.2 Å². The van der Waals surface area contributed by atoms with E-state index in [2.05, 4.69) is 10.3 Å². The molecule has 3 N–H and O–H groups in total. The summed E-state index contributed by atoms with van der Waals surface area (Å²) in [7, 11) is 0. The summed E-state index contributed by atoms with van der Waals surface area (Å²) >= 11 is 0. The minimum Gasteiger partial charge on any atom is -0.384 e. The molecule has 0 aromatic heterocycles. The molecule has 0 heterocycles. The Morgan fingerprint density at radius 2 is 1.75 bits per heavy atom. The zero-order valence-electron chi connectivity index (χ0n) is 12.5. The molecule has 2 rings (SSSR count). The van der Waals surface area contributed by atoms with Crippen LogP contribution < -0.4 is 11.1 Å². The van der Waals surface area contributed by atoms with Crippen LogP contribution in [0.25, 0.3) is 0 Å². The first-order chi connectivity index (χ1) is 11.5. The lowest BCUT2D eigenvalue weighted by Gasteiger charge is -2.01. The summed E-state index contributed by atoms with van der Waals surface area (Å²) in [5.74, 6) is -5.08. The summed E-state index contributed by atoms with van der Waals surface area (Å²) in [5, 5.41) is 2.93. The van der Waals surface area contributed by atoms with Crippen LogP contribution in [0.3, 0.4) is 0 Å². The number of carbonyl (C=O) groups is 1. The second-order valence-electron chi connectivity index (χ2n) is 4.82. The number of amidine groups is 1. The largest absolute Gasteiger partial charge is 0.384 e. The Hall–Kier alpha value is -3.09. The number of halogens is 3. The number of rotatable bonds is 5. The fraction of sp³-hybridized carbons (Fsp3) is 0.0588. The number of anilines is 1. The molecule has 0 unspecified atom stereocenters. The van der Waals surface area contributed by atoms with Gasteiger partial charge in [0.1, 0.15) is 5.84 Å². The van der Waals surface area contributed by atoms with Gasteiger partial charge in [0.05, 0.1) is 6.42 Å². The van der Waals surface area contributed by atoms with Gasteiger partial charge in [0.2, 0.25) is 0 Å². The predicted molar refractivity (Wildman–Crippen MR) is 85.9 cm³/mol. The van der Waals surface area contributed by atoms with E-state index in [1.165, 1.54) is 12.3 Å². The van der Waals surface area contributed by atoms with Crippen LogP contribution in [0.2, 0.25) is 0 Å². The zero-order chi connectivity index (χ0) is 17.5. The molecule has 1 amide bonds. The molecule has 2 aromatic rings. The van der Waals surface area contributed by atoms with E-state index in [0.717, 1.165) is 17.8 Å². The summed E-state index contributed by atoms with van der Waals surface area (Å²) < 4.78 is 39.0. The smallest absolute Gasteiger partial charge is 0.252 e. The Labute approximate surface area is 136 Å². The number of carbonyl (C=O) groups excluding carboxylic acids is 1. The molecule has 0 spiro atoms. The van der Waals surface area contributed by atoms with E-state index in [-0.39, 0.29) is 11.4 Å². The quantitative estimate of drug-likeness (QED) is 0.502. The highest BCUT2D eigenvalue weighted by Gasteiger charge is 2.12. The molecule has 24 heavy (non-hydrogen) atoms. The first-order valence-electron chi connectivity index (χ1n) is 6.94. The Kier molecular flexibility index (Phi) is 5.73. The molecule has 0 atom stereocenters. The van der Waals surface area contributed by atoms with Crippen molar-refractivity contribution in [3.8, 4) is 0 Å². The molecule has 4 nitrogen and oxygen atoms in total. The van der Waals surface area contributed by atoms with Gasteiger partial charge in [-0.2, -0.15) is 4.99 Å². The zero-order valence-corrected chi connectivity index (χ0v) is 12.5. The van der Waals surface area contributed by atoms with Gasteiger partial charge in [0.25, 0.3) is 5.91 Å². The highest BCUT2D eigenvalue weighted by Crippen LogP contribution is 2.14. The van der Waals surface area contributed by atoms with E-state index in [1.54, 1.807) is 0 Å². The van der Waals surface area contributed by atoms with Crippen molar-refractivity contribution in [2.45, 2.75) is 6.42 Å². The van der Waals surface area contributed by atoms with Crippen molar-refractivity contribution >= 4 is 17.4 Å². The Morgan fingerprint density at radius 3 is 2.38 bits per heavy atom. The summed E-state index contributed by atoms with van der Waals surface area (Å²) in [6.45, 7) is 0. The van der Waals surface area contributed by atoms with Gasteiger partial charge >= 0.3 is 0 Å². The number of hydrogen-bond acceptors (Lipinski definition) is 2. The number of amides is 1. The number of benzene rings is 2. The van der Waals surface area contributed by atoms with Crippen LogP contribution in [0.1, 0.15) is 5.56 Å². The van der Waals surface area contributed by atoms with Crippen LogP contribution in [0, 0.1) is 17.5 Å². The van der Waals surface area contributed by atoms with Gasteiger partial charge in [-0.15, -0.1) is 0 Å². The SMILES string of the molecule is NC(/C=C\Nc1ccccc1)=NC(=O)Cc1cc(F)c(F)c(F)c1. The molecule has 2 aromatic carbocycles. The Bertz CT molecular complexity index is 766. The predicted octanol–water partition coefficient (Wildman–Crippen LogP) is 3.16. The number of nitrogens with one attached hydrogen (secondary N) is 1. The van der Waals surface area contributed by atoms with E-state index < -0.39 is 29.8 Å². The minimum absolute atomic E-state index is 0.0284. The lowest BCUT2D eigenvalue weighted by atomic mass is 10.1. The third kappa shape index (κ3) is 4.98. The van der Waals surface area contributed by atoms with Crippen LogP contribution in [0.15, 0.2) is 59.7 Å². The molecule has 0 saturated heterocycles. The van der Waals surface area contributed by atoms with Crippen LogP contribution in [0.4, 0.5) is 18.9 Å². The third-order valence-corrected chi connectivity index (χ3v) is 2.93. The summed E-state index contributed by atoms with van der Waals surface area (Å²) in [5.41, 5.74) is 6.37. The average molecular weight is 333 g/mol. The Balaban J connectivity index is 1.96. The van der Waals surface area contributed by atoms with E-state index in [4.69, 9.17) is 5.73 Å². The molecule has 0 radical (unpaired) electrons. The first-order valence-corrected chi connectivity index (χ1v) is 6.94. The van der Waals surface area contributed by atoms with Crippen LogP contribution >= 0.6 is 0 Å². The van der Waals surface area contributed by atoms with E-state index >= 15 is 0 Å². The maximum atomic E-state index is 13.1. The average Bonchev–Trinajstić information content (AvgIpc) is 2.53. The normalized spacial score (nSPS) is 11.7. The first kappa shape index (κ1) is 17.3. The second kappa shape index (κ2) is 7.96. The standard InChI is InChI=1S/C17H14F3N3O/c18-13-8-11(9-14(19)17(13)20)10-16(24)23-15(21)6-7-22-12-4-2-1-3-5-12/h1-9,22H,10H2,(H2,21,23,24)/b7-6-. The molecule has 7 heteroatoms. The van der Waals surface area contributed by atoms with Gasteiger partial charge < -0.3 is 11.1 Å². The molecule has 0 fully saturated rings. The van der Waals surface area contributed by atoms with Crippen molar-refractivity contribution < 1.29 is 18.0 Å². The maximum Gasteiger partial charge on any atom is 0.252 e. The van der Waals surface area contributed by atoms with Crippen molar-refractivity contribution in [2.75, 3.05) is 5.32 Å². The number of para-hydroxylation sites is 1. The van der Waals surface area contributed by atoms with Crippen molar-refractivity contribution in [3.63, 3.8) is 0 Å². The number of hydrogen-bond donors (Lipinski definition) is 2. The van der Waals surface area contributed by atoms with Gasteiger partial charge in [0, 0.05) is 11.9 Å². The maximum absolute atomic E-state index is 13.1. The van der Waals surface area contributed by atoms with Gasteiger partial charge in [-0.25, -0.2) is 13.2 Å². The van der Waals surface area contributed by atoms with Gasteiger partial charge in [-0.05, 0) is 35.9 Å². The molecular formula is C17H14F3N3O. The third-order valence-electron chi connectivity index (χ3n) is 2.93. The lowest BCUT2D eigenvalue weighted by molar-refractivity contribution is -0.117. The van der Waals surface area contributed by atoms with Crippen LogP contribution in [0.5, 0.6) is 0 Å². The van der Waals surface area contributed by atoms with E-state index in [0.29, 0.717) is 0 Å². The van der Waals surface area contributed by atoms with Crippen LogP contribution in [-0.2, 0) is 11.2 Å². The van der Waals surface area contributed by atoms with E-state index in [9.17, 15) is 18.0 Å². The fourth-order valence-corrected chi connectivity index (χ4v) is 1.86. The molecule has 124 valence electrons. The summed E-state index contributed by atoms with van der Waals surface area (Å²) in [6.07, 6.45) is 2.48. The van der Waals surface area contributed by atoms with Crippen LogP contribution in [-0.4, -0.2) is 11.7 Å². The topological polar surface area (TPSA) is 67.5 Å². The molecule has 0 aliphatic carbocycles. The number of nitrogens with two attached hydrogens (primary N) is 1. The molecule has 0 aliphatic rings. The highest BCUT2D eigenvalue weighted by molar-refractivity contribution is 6.00. The monoisotopic (exact) mass is 333 g/mol. The second-order valence-corrected chi connectivity index (χ2v) is 4.82.